The van der Waals surface area contributed by atoms with Crippen molar-refractivity contribution < 1.29 is 23.0 Å². The number of aromatic nitrogens is 1. The SMILES string of the molecule is CCOC(=O)c1c(Sc2c(Cl)ccc(OC)c2Cl)cc(C(F)(F)Cl)[nH]c1=O. The number of methoxy groups -OCH3 is 1. The lowest BCUT2D eigenvalue weighted by Gasteiger charge is -2.15. The molecular weight excluding hydrogens is 447 g/mol. The average Bonchev–Trinajstić information content (AvgIpc) is 2.57. The minimum atomic E-state index is -3.86. The van der Waals surface area contributed by atoms with E-state index in [1.165, 1.54) is 26.2 Å². The van der Waals surface area contributed by atoms with Crippen LogP contribution in [0, 0.1) is 0 Å². The Morgan fingerprint density at radius 2 is 2.00 bits per heavy atom. The molecule has 0 atom stereocenters. The Bertz CT molecular complexity index is 931. The molecular formula is C16H12Cl3F2NO4S. The number of aromatic amines is 1. The lowest BCUT2D eigenvalue weighted by atomic mass is 10.2. The summed E-state index contributed by atoms with van der Waals surface area (Å²) in [4.78, 5) is 26.4. The van der Waals surface area contributed by atoms with E-state index in [0.717, 1.165) is 17.8 Å². The third kappa shape index (κ3) is 4.87. The number of benzene rings is 1. The number of hydrogen-bond donors (Lipinski definition) is 1. The van der Waals surface area contributed by atoms with Gasteiger partial charge in [-0.15, -0.1) is 0 Å². The molecule has 0 spiro atoms. The van der Waals surface area contributed by atoms with Crippen LogP contribution in [0.25, 0.3) is 0 Å². The molecule has 0 saturated carbocycles. The Labute approximate surface area is 171 Å². The van der Waals surface area contributed by atoms with Crippen molar-refractivity contribution in [1.82, 2.24) is 4.98 Å². The molecule has 5 nitrogen and oxygen atoms in total. The van der Waals surface area contributed by atoms with E-state index in [4.69, 9.17) is 44.3 Å². The smallest absolute Gasteiger partial charge is 0.362 e. The number of H-pyrrole nitrogens is 1. The molecule has 0 aliphatic rings. The van der Waals surface area contributed by atoms with Crippen molar-refractivity contribution in [2.45, 2.75) is 22.1 Å². The summed E-state index contributed by atoms with van der Waals surface area (Å²) in [5.41, 5.74) is -2.44. The first-order valence-corrected chi connectivity index (χ1v) is 9.26. The Balaban J connectivity index is 2.69. The minimum Gasteiger partial charge on any atom is -0.495 e. The van der Waals surface area contributed by atoms with Crippen LogP contribution in [0.5, 0.6) is 5.75 Å². The monoisotopic (exact) mass is 457 g/mol. The molecule has 0 radical (unpaired) electrons. The number of esters is 1. The summed E-state index contributed by atoms with van der Waals surface area (Å²) < 4.78 is 36.9. The lowest BCUT2D eigenvalue weighted by molar-refractivity contribution is 0.0517. The van der Waals surface area contributed by atoms with Gasteiger partial charge in [0.25, 0.3) is 5.56 Å². The van der Waals surface area contributed by atoms with Gasteiger partial charge < -0.3 is 14.5 Å². The van der Waals surface area contributed by atoms with E-state index in [1.54, 1.807) is 0 Å². The van der Waals surface area contributed by atoms with Gasteiger partial charge in [0.1, 0.15) is 17.0 Å². The van der Waals surface area contributed by atoms with Gasteiger partial charge in [-0.2, -0.15) is 8.78 Å². The second-order valence-corrected chi connectivity index (χ2v) is 7.28. The van der Waals surface area contributed by atoms with Crippen LogP contribution in [0.3, 0.4) is 0 Å². The number of hydrogen-bond acceptors (Lipinski definition) is 5. The summed E-state index contributed by atoms with van der Waals surface area (Å²) in [6.07, 6.45) is 0. The lowest BCUT2D eigenvalue weighted by Crippen LogP contribution is -2.24. The van der Waals surface area contributed by atoms with Gasteiger partial charge in [0.05, 0.1) is 28.7 Å². The first kappa shape index (κ1) is 21.8. The average molecular weight is 459 g/mol. The fraction of sp³-hybridized carbons (Fsp3) is 0.250. The van der Waals surface area contributed by atoms with Crippen LogP contribution in [0.2, 0.25) is 10.0 Å². The van der Waals surface area contributed by atoms with Crippen LogP contribution >= 0.6 is 46.6 Å². The summed E-state index contributed by atoms with van der Waals surface area (Å²) in [5.74, 6) is -0.713. The number of carbonyl (C=O) groups excluding carboxylic acids is 1. The van der Waals surface area contributed by atoms with Gasteiger partial charge in [-0.3, -0.25) is 4.79 Å². The van der Waals surface area contributed by atoms with Gasteiger partial charge in [-0.1, -0.05) is 35.0 Å². The third-order valence-electron chi connectivity index (χ3n) is 3.23. The molecule has 0 aliphatic carbocycles. The molecule has 11 heteroatoms. The highest BCUT2D eigenvalue weighted by Crippen LogP contribution is 2.44. The molecule has 0 saturated heterocycles. The predicted molar refractivity (Wildman–Crippen MR) is 99.9 cm³/mol. The molecule has 1 heterocycles. The Morgan fingerprint density at radius 1 is 1.33 bits per heavy atom. The summed E-state index contributed by atoms with van der Waals surface area (Å²) in [7, 11) is 1.38. The van der Waals surface area contributed by atoms with Crippen molar-refractivity contribution >= 4 is 52.5 Å². The predicted octanol–water partition coefficient (Wildman–Crippen LogP) is 5.31. The number of rotatable bonds is 6. The highest BCUT2D eigenvalue weighted by molar-refractivity contribution is 7.99. The molecule has 27 heavy (non-hydrogen) atoms. The highest BCUT2D eigenvalue weighted by Gasteiger charge is 2.32. The molecule has 0 fully saturated rings. The fourth-order valence-corrected chi connectivity index (χ4v) is 3.85. The van der Waals surface area contributed by atoms with E-state index in [9.17, 15) is 18.4 Å². The molecule has 0 aliphatic heterocycles. The van der Waals surface area contributed by atoms with Gasteiger partial charge in [-0.05, 0) is 36.7 Å². The molecule has 2 rings (SSSR count). The summed E-state index contributed by atoms with van der Waals surface area (Å²) in [6, 6.07) is 3.86. The molecule has 1 aromatic heterocycles. The van der Waals surface area contributed by atoms with E-state index in [2.05, 4.69) is 0 Å². The Hall–Kier alpha value is -1.48. The number of carbonyl (C=O) groups is 1. The van der Waals surface area contributed by atoms with Gasteiger partial charge in [0, 0.05) is 4.90 Å². The topological polar surface area (TPSA) is 68.4 Å². The van der Waals surface area contributed by atoms with E-state index in [1.807, 2.05) is 4.98 Å². The first-order chi connectivity index (χ1) is 12.6. The van der Waals surface area contributed by atoms with Gasteiger partial charge in [0.2, 0.25) is 0 Å². The second-order valence-electron chi connectivity index (χ2n) is 4.96. The summed E-state index contributed by atoms with van der Waals surface area (Å²) >= 11 is 18.1. The standard InChI is InChI=1S/C16H12Cl3F2NO4S/c1-3-26-15(24)11-9(6-10(16(19,20)21)22-14(11)23)27-13-7(17)4-5-8(25-2)12(13)18/h4-6H,3H2,1-2H3,(H,22,23). The zero-order valence-electron chi connectivity index (χ0n) is 13.9. The second kappa shape index (κ2) is 8.68. The maximum Gasteiger partial charge on any atom is 0.362 e. The Kier molecular flexibility index (Phi) is 7.02. The number of nitrogens with one attached hydrogen (secondary N) is 1. The first-order valence-electron chi connectivity index (χ1n) is 7.31. The molecule has 1 N–H and O–H groups in total. The molecule has 2 aromatic rings. The van der Waals surface area contributed by atoms with Crippen molar-refractivity contribution in [3.63, 3.8) is 0 Å². The highest BCUT2D eigenvalue weighted by atomic mass is 35.5. The van der Waals surface area contributed by atoms with E-state index in [-0.39, 0.29) is 32.2 Å². The van der Waals surface area contributed by atoms with Gasteiger partial charge in [0.15, 0.2) is 0 Å². The van der Waals surface area contributed by atoms with Crippen LogP contribution < -0.4 is 10.3 Å². The largest absolute Gasteiger partial charge is 0.495 e. The molecule has 0 unspecified atom stereocenters. The van der Waals surface area contributed by atoms with Crippen LogP contribution in [0.15, 0.2) is 32.8 Å². The normalized spacial score (nSPS) is 11.4. The fourth-order valence-electron chi connectivity index (χ4n) is 2.04. The van der Waals surface area contributed by atoms with Crippen LogP contribution in [-0.4, -0.2) is 24.7 Å². The molecule has 0 bridgehead atoms. The van der Waals surface area contributed by atoms with Crippen LogP contribution in [0.1, 0.15) is 23.0 Å². The quantitative estimate of drug-likeness (QED) is 0.469. The maximum atomic E-state index is 13.5. The maximum absolute atomic E-state index is 13.5. The van der Waals surface area contributed by atoms with Crippen molar-refractivity contribution in [2.24, 2.45) is 0 Å². The van der Waals surface area contributed by atoms with Crippen molar-refractivity contribution in [3.05, 3.63) is 49.9 Å². The minimum absolute atomic E-state index is 0.0174. The number of alkyl halides is 3. The number of ether oxygens (including phenoxy) is 2. The van der Waals surface area contributed by atoms with Gasteiger partial charge in [-0.25, -0.2) is 4.79 Å². The van der Waals surface area contributed by atoms with Crippen molar-refractivity contribution in [2.75, 3.05) is 13.7 Å². The number of halogens is 5. The van der Waals surface area contributed by atoms with Crippen molar-refractivity contribution in [3.8, 4) is 5.75 Å². The van der Waals surface area contributed by atoms with Gasteiger partial charge >= 0.3 is 11.4 Å². The van der Waals surface area contributed by atoms with Crippen LogP contribution in [0.4, 0.5) is 8.78 Å². The number of pyridine rings is 1. The summed E-state index contributed by atoms with van der Waals surface area (Å²) in [5, 5.41) is -3.60. The van der Waals surface area contributed by atoms with Crippen LogP contribution in [-0.2, 0) is 10.1 Å². The molecule has 1 aromatic carbocycles. The zero-order valence-corrected chi connectivity index (χ0v) is 17.0. The van der Waals surface area contributed by atoms with E-state index >= 15 is 0 Å². The third-order valence-corrected chi connectivity index (χ3v) is 5.52. The Morgan fingerprint density at radius 3 is 2.56 bits per heavy atom. The molecule has 146 valence electrons. The van der Waals surface area contributed by atoms with E-state index < -0.39 is 28.2 Å². The zero-order chi connectivity index (χ0) is 20.4. The van der Waals surface area contributed by atoms with Crippen molar-refractivity contribution in [1.29, 1.82) is 0 Å². The molecule has 0 amide bonds. The summed E-state index contributed by atoms with van der Waals surface area (Å²) in [6.45, 7) is 1.52. The van der Waals surface area contributed by atoms with E-state index in [0.29, 0.717) is 0 Å².